The van der Waals surface area contributed by atoms with Gasteiger partial charge in [-0.3, -0.25) is 14.4 Å². The van der Waals surface area contributed by atoms with E-state index in [4.69, 9.17) is 0 Å². The maximum absolute atomic E-state index is 14.7. The molecule has 9 heteroatoms. The van der Waals surface area contributed by atoms with Gasteiger partial charge in [0.05, 0.1) is 17.0 Å². The van der Waals surface area contributed by atoms with Crippen LogP contribution >= 0.6 is 11.3 Å². The minimum absolute atomic E-state index is 0.0219. The fourth-order valence-electron chi connectivity index (χ4n) is 4.40. The summed E-state index contributed by atoms with van der Waals surface area (Å²) < 4.78 is 44.0. The van der Waals surface area contributed by atoms with E-state index < -0.39 is 40.3 Å². The molecule has 2 aliphatic rings. The molecule has 0 spiro atoms. The number of carbonyl (C=O) groups is 3. The van der Waals surface area contributed by atoms with Gasteiger partial charge < -0.3 is 10.2 Å². The standard InChI is InChI=1S/C23H21F3N2O3S/c1-21(2)11-15-18(16(29)12-21)22(23(24,25)26,27-19(30)17-9-6-10-32-17)20(31)28(15)13-14-7-4-3-5-8-14/h3-10H,11-13H2,1-2H3,(H,27,30). The van der Waals surface area contributed by atoms with Crippen LogP contribution in [0.25, 0.3) is 0 Å². The maximum atomic E-state index is 14.7. The van der Waals surface area contributed by atoms with E-state index in [0.29, 0.717) is 5.56 Å². The summed E-state index contributed by atoms with van der Waals surface area (Å²) in [5, 5.41) is 3.48. The van der Waals surface area contributed by atoms with E-state index in [0.717, 1.165) is 16.2 Å². The second kappa shape index (κ2) is 7.58. The van der Waals surface area contributed by atoms with E-state index in [-0.39, 0.29) is 30.0 Å². The summed E-state index contributed by atoms with van der Waals surface area (Å²) in [5.74, 6) is -3.17. The van der Waals surface area contributed by atoms with Crippen molar-refractivity contribution < 1.29 is 27.6 Å². The molecular weight excluding hydrogens is 441 g/mol. The molecule has 2 amide bonds. The molecule has 1 N–H and O–H groups in total. The molecular formula is C23H21F3N2O3S. The molecule has 0 bridgehead atoms. The number of alkyl halides is 3. The summed E-state index contributed by atoms with van der Waals surface area (Å²) in [7, 11) is 0. The number of thiophene rings is 1. The summed E-state index contributed by atoms with van der Waals surface area (Å²) >= 11 is 0.953. The van der Waals surface area contributed by atoms with Crippen molar-refractivity contribution >= 4 is 28.9 Å². The molecule has 1 atom stereocenters. The SMILES string of the molecule is CC1(C)CC(=O)C2=C(C1)N(Cc1ccccc1)C(=O)C2(NC(=O)c1cccs1)C(F)(F)F. The molecule has 4 rings (SSSR count). The first kappa shape index (κ1) is 22.3. The third-order valence-electron chi connectivity index (χ3n) is 5.77. The third-order valence-corrected chi connectivity index (χ3v) is 6.64. The van der Waals surface area contributed by atoms with Crippen molar-refractivity contribution in [1.82, 2.24) is 10.2 Å². The van der Waals surface area contributed by atoms with Crippen LogP contribution in [0.2, 0.25) is 0 Å². The Morgan fingerprint density at radius 2 is 1.78 bits per heavy atom. The first-order valence-electron chi connectivity index (χ1n) is 10.0. The number of Topliss-reactive ketones (excluding diaryl/α,β-unsaturated/α-hetero) is 1. The van der Waals surface area contributed by atoms with Crippen LogP contribution in [0.15, 0.2) is 59.1 Å². The van der Waals surface area contributed by atoms with Crippen molar-refractivity contribution in [3.8, 4) is 0 Å². The minimum Gasteiger partial charge on any atom is -0.326 e. The van der Waals surface area contributed by atoms with Crippen LogP contribution in [0, 0.1) is 5.41 Å². The average Bonchev–Trinajstić information content (AvgIpc) is 3.30. The normalized spacial score (nSPS) is 22.8. The Balaban J connectivity index is 1.88. The highest BCUT2D eigenvalue weighted by Gasteiger charge is 2.71. The highest BCUT2D eigenvalue weighted by molar-refractivity contribution is 7.12. The number of rotatable bonds is 4. The van der Waals surface area contributed by atoms with Crippen LogP contribution < -0.4 is 5.32 Å². The van der Waals surface area contributed by atoms with Gasteiger partial charge >= 0.3 is 6.18 Å². The molecule has 5 nitrogen and oxygen atoms in total. The lowest BCUT2D eigenvalue weighted by Gasteiger charge is -2.35. The summed E-state index contributed by atoms with van der Waals surface area (Å²) in [6.07, 6.45) is -5.25. The molecule has 168 valence electrons. The van der Waals surface area contributed by atoms with E-state index in [1.165, 1.54) is 12.1 Å². The molecule has 2 heterocycles. The van der Waals surface area contributed by atoms with Gasteiger partial charge in [0, 0.05) is 12.1 Å². The summed E-state index contributed by atoms with van der Waals surface area (Å²) in [5.41, 5.74) is -4.04. The Hall–Kier alpha value is -2.94. The number of ketones is 1. The molecule has 1 aliphatic heterocycles. The molecule has 1 aromatic carbocycles. The lowest BCUT2D eigenvalue weighted by atomic mass is 9.72. The van der Waals surface area contributed by atoms with Crippen LogP contribution in [-0.2, 0) is 16.1 Å². The Labute approximate surface area is 186 Å². The van der Waals surface area contributed by atoms with Gasteiger partial charge in [-0.15, -0.1) is 11.3 Å². The first-order valence-corrected chi connectivity index (χ1v) is 10.9. The van der Waals surface area contributed by atoms with E-state index >= 15 is 0 Å². The molecule has 1 aromatic heterocycles. The first-order chi connectivity index (χ1) is 15.0. The molecule has 0 saturated carbocycles. The van der Waals surface area contributed by atoms with Crippen molar-refractivity contribution in [1.29, 1.82) is 0 Å². The van der Waals surface area contributed by atoms with Gasteiger partial charge in [-0.05, 0) is 28.8 Å². The largest absolute Gasteiger partial charge is 0.425 e. The fourth-order valence-corrected chi connectivity index (χ4v) is 5.02. The predicted molar refractivity (Wildman–Crippen MR) is 113 cm³/mol. The number of benzene rings is 1. The van der Waals surface area contributed by atoms with Crippen LogP contribution in [0.5, 0.6) is 0 Å². The van der Waals surface area contributed by atoms with Gasteiger partial charge in [0.25, 0.3) is 11.8 Å². The zero-order valence-corrected chi connectivity index (χ0v) is 18.3. The summed E-state index contributed by atoms with van der Waals surface area (Å²) in [6, 6.07) is 11.5. The zero-order valence-electron chi connectivity index (χ0n) is 17.5. The van der Waals surface area contributed by atoms with Crippen LogP contribution in [0.3, 0.4) is 0 Å². The molecule has 0 saturated heterocycles. The van der Waals surface area contributed by atoms with Gasteiger partial charge in [-0.1, -0.05) is 50.2 Å². The number of amides is 2. The second-order valence-corrected chi connectivity index (χ2v) is 9.77. The summed E-state index contributed by atoms with van der Waals surface area (Å²) in [4.78, 5) is 40.4. The number of allylic oxidation sites excluding steroid dienone is 1. The molecule has 2 aromatic rings. The highest BCUT2D eigenvalue weighted by Crippen LogP contribution is 2.52. The van der Waals surface area contributed by atoms with E-state index in [1.807, 2.05) is 5.32 Å². The van der Waals surface area contributed by atoms with Crippen LogP contribution in [0.4, 0.5) is 13.2 Å². The van der Waals surface area contributed by atoms with E-state index in [2.05, 4.69) is 0 Å². The summed E-state index contributed by atoms with van der Waals surface area (Å²) in [6.45, 7) is 3.42. The second-order valence-electron chi connectivity index (χ2n) is 8.82. The molecule has 1 aliphatic carbocycles. The number of nitrogens with zero attached hydrogens (tertiary/aromatic N) is 1. The molecule has 32 heavy (non-hydrogen) atoms. The van der Waals surface area contributed by atoms with Gasteiger partial charge in [0.15, 0.2) is 5.78 Å². The number of carbonyl (C=O) groups excluding carboxylic acids is 3. The van der Waals surface area contributed by atoms with Crippen molar-refractivity contribution in [3.05, 3.63) is 69.6 Å². The number of nitrogens with one attached hydrogen (secondary N) is 1. The van der Waals surface area contributed by atoms with Crippen molar-refractivity contribution in [2.24, 2.45) is 5.41 Å². The van der Waals surface area contributed by atoms with E-state index in [1.54, 1.807) is 49.6 Å². The smallest absolute Gasteiger partial charge is 0.326 e. The van der Waals surface area contributed by atoms with Crippen LogP contribution in [-0.4, -0.2) is 34.2 Å². The van der Waals surface area contributed by atoms with Gasteiger partial charge in [0.2, 0.25) is 5.54 Å². The average molecular weight is 462 g/mol. The molecule has 0 fully saturated rings. The van der Waals surface area contributed by atoms with Crippen molar-refractivity contribution in [3.63, 3.8) is 0 Å². The van der Waals surface area contributed by atoms with Crippen LogP contribution in [0.1, 0.15) is 41.9 Å². The Bertz CT molecular complexity index is 1110. The lowest BCUT2D eigenvalue weighted by Crippen LogP contribution is -2.66. The number of hydrogen-bond donors (Lipinski definition) is 1. The Morgan fingerprint density at radius 3 is 2.38 bits per heavy atom. The highest BCUT2D eigenvalue weighted by atomic mass is 32.1. The Morgan fingerprint density at radius 1 is 1.09 bits per heavy atom. The van der Waals surface area contributed by atoms with Crippen molar-refractivity contribution in [2.75, 3.05) is 0 Å². The quantitative estimate of drug-likeness (QED) is 0.730. The third kappa shape index (κ3) is 3.54. The van der Waals surface area contributed by atoms with Gasteiger partial charge in [-0.25, -0.2) is 0 Å². The van der Waals surface area contributed by atoms with E-state index in [9.17, 15) is 27.6 Å². The topological polar surface area (TPSA) is 66.5 Å². The number of halogens is 3. The Kier molecular flexibility index (Phi) is 5.27. The maximum Gasteiger partial charge on any atom is 0.425 e. The van der Waals surface area contributed by atoms with Gasteiger partial charge in [0.1, 0.15) is 0 Å². The lowest BCUT2D eigenvalue weighted by molar-refractivity contribution is -0.190. The van der Waals surface area contributed by atoms with Crippen molar-refractivity contribution in [2.45, 2.75) is 44.9 Å². The molecule has 1 unspecified atom stereocenters. The zero-order chi connectivity index (χ0) is 23.3. The molecule has 0 radical (unpaired) electrons. The number of hydrogen-bond acceptors (Lipinski definition) is 4. The fraction of sp³-hybridized carbons (Fsp3) is 0.348. The van der Waals surface area contributed by atoms with Gasteiger partial charge in [-0.2, -0.15) is 13.2 Å². The minimum atomic E-state index is -5.21. The predicted octanol–water partition coefficient (Wildman–Crippen LogP) is 4.46. The monoisotopic (exact) mass is 462 g/mol.